The van der Waals surface area contributed by atoms with Crippen LogP contribution in [0.1, 0.15) is 64.7 Å². The van der Waals surface area contributed by atoms with Crippen LogP contribution in [0.15, 0.2) is 30.3 Å². The standard InChI is InChI=1S/C24H36N2O3/c1-2-3-8-19-9-7-12-22(19)25-24(28)20-13-16-26(17-14-20)23(27)15-18-29-21-10-5-4-6-11-21/h4-6,10-11,19-20,22H,2-3,7-9,12-18H2,1H3,(H,25,28). The molecule has 1 saturated heterocycles. The van der Waals surface area contributed by atoms with Gasteiger partial charge in [0.15, 0.2) is 0 Å². The van der Waals surface area contributed by atoms with E-state index >= 15 is 0 Å². The average molecular weight is 401 g/mol. The Morgan fingerprint density at radius 3 is 2.59 bits per heavy atom. The van der Waals surface area contributed by atoms with Gasteiger partial charge in [-0.1, -0.05) is 44.4 Å². The van der Waals surface area contributed by atoms with Gasteiger partial charge < -0.3 is 15.0 Å². The number of amides is 2. The number of piperidine rings is 1. The zero-order chi connectivity index (χ0) is 20.5. The molecule has 1 saturated carbocycles. The molecule has 1 N–H and O–H groups in total. The lowest BCUT2D eigenvalue weighted by Crippen LogP contribution is -2.46. The Kier molecular flexibility index (Phi) is 8.38. The van der Waals surface area contributed by atoms with Crippen molar-refractivity contribution in [1.29, 1.82) is 0 Å². The molecule has 3 rings (SSSR count). The summed E-state index contributed by atoms with van der Waals surface area (Å²) in [6.45, 7) is 3.97. The largest absolute Gasteiger partial charge is 0.493 e. The summed E-state index contributed by atoms with van der Waals surface area (Å²) >= 11 is 0. The van der Waals surface area contributed by atoms with E-state index in [4.69, 9.17) is 4.74 Å². The van der Waals surface area contributed by atoms with Gasteiger partial charge in [0.1, 0.15) is 5.75 Å². The highest BCUT2D eigenvalue weighted by Crippen LogP contribution is 2.30. The normalized spacial score (nSPS) is 22.4. The number of ether oxygens (including phenoxy) is 1. The minimum Gasteiger partial charge on any atom is -0.493 e. The van der Waals surface area contributed by atoms with Crippen LogP contribution in [0.5, 0.6) is 5.75 Å². The number of hydrogen-bond acceptors (Lipinski definition) is 3. The second kappa shape index (κ2) is 11.2. The highest BCUT2D eigenvalue weighted by molar-refractivity contribution is 5.80. The van der Waals surface area contributed by atoms with E-state index in [1.807, 2.05) is 35.2 Å². The van der Waals surface area contributed by atoms with Gasteiger partial charge in [0.05, 0.1) is 13.0 Å². The second-order valence-electron chi connectivity index (χ2n) is 8.51. The van der Waals surface area contributed by atoms with E-state index in [9.17, 15) is 9.59 Å². The molecule has 5 nitrogen and oxygen atoms in total. The molecule has 5 heteroatoms. The fourth-order valence-corrected chi connectivity index (χ4v) is 4.66. The Morgan fingerprint density at radius 1 is 1.10 bits per heavy atom. The quantitative estimate of drug-likeness (QED) is 0.677. The first-order chi connectivity index (χ1) is 14.2. The number of para-hydroxylation sites is 1. The van der Waals surface area contributed by atoms with Gasteiger partial charge in [0.2, 0.25) is 11.8 Å². The lowest BCUT2D eigenvalue weighted by Gasteiger charge is -2.32. The zero-order valence-electron chi connectivity index (χ0n) is 17.8. The fourth-order valence-electron chi connectivity index (χ4n) is 4.66. The average Bonchev–Trinajstić information content (AvgIpc) is 3.19. The monoisotopic (exact) mass is 400 g/mol. The number of rotatable bonds is 9. The van der Waals surface area contributed by atoms with E-state index < -0.39 is 0 Å². The third-order valence-electron chi connectivity index (χ3n) is 6.46. The van der Waals surface area contributed by atoms with E-state index in [-0.39, 0.29) is 17.7 Å². The van der Waals surface area contributed by atoms with Gasteiger partial charge in [0.25, 0.3) is 0 Å². The topological polar surface area (TPSA) is 58.6 Å². The van der Waals surface area contributed by atoms with E-state index in [0.29, 0.717) is 38.1 Å². The maximum absolute atomic E-state index is 12.7. The molecule has 1 aliphatic heterocycles. The summed E-state index contributed by atoms with van der Waals surface area (Å²) in [4.78, 5) is 27.1. The third kappa shape index (κ3) is 6.48. The number of benzene rings is 1. The van der Waals surface area contributed by atoms with Crippen LogP contribution in [-0.2, 0) is 9.59 Å². The predicted molar refractivity (Wildman–Crippen MR) is 115 cm³/mol. The van der Waals surface area contributed by atoms with Crippen LogP contribution in [0.25, 0.3) is 0 Å². The minimum absolute atomic E-state index is 0.0482. The van der Waals surface area contributed by atoms with Gasteiger partial charge in [-0.3, -0.25) is 9.59 Å². The van der Waals surface area contributed by atoms with E-state index in [0.717, 1.165) is 25.0 Å². The summed E-state index contributed by atoms with van der Waals surface area (Å²) in [7, 11) is 0. The summed E-state index contributed by atoms with van der Waals surface area (Å²) in [6, 6.07) is 9.94. The van der Waals surface area contributed by atoms with Crippen molar-refractivity contribution in [2.75, 3.05) is 19.7 Å². The minimum atomic E-state index is 0.0482. The van der Waals surface area contributed by atoms with Crippen LogP contribution in [0.2, 0.25) is 0 Å². The van der Waals surface area contributed by atoms with E-state index in [1.54, 1.807) is 0 Å². The van der Waals surface area contributed by atoms with Crippen molar-refractivity contribution in [3.05, 3.63) is 30.3 Å². The third-order valence-corrected chi connectivity index (χ3v) is 6.46. The smallest absolute Gasteiger partial charge is 0.225 e. The van der Waals surface area contributed by atoms with Gasteiger partial charge in [-0.25, -0.2) is 0 Å². The molecule has 1 aromatic rings. The molecule has 2 unspecified atom stereocenters. The van der Waals surface area contributed by atoms with Crippen LogP contribution < -0.4 is 10.1 Å². The van der Waals surface area contributed by atoms with Crippen molar-refractivity contribution in [2.45, 2.75) is 70.8 Å². The Hall–Kier alpha value is -2.04. The van der Waals surface area contributed by atoms with Crippen molar-refractivity contribution in [3.63, 3.8) is 0 Å². The molecule has 2 amide bonds. The maximum atomic E-state index is 12.7. The van der Waals surface area contributed by atoms with Crippen molar-refractivity contribution >= 4 is 11.8 Å². The zero-order valence-corrected chi connectivity index (χ0v) is 17.8. The molecule has 0 bridgehead atoms. The second-order valence-corrected chi connectivity index (χ2v) is 8.51. The molecule has 0 aromatic heterocycles. The summed E-state index contributed by atoms with van der Waals surface area (Å²) < 4.78 is 5.63. The maximum Gasteiger partial charge on any atom is 0.225 e. The van der Waals surface area contributed by atoms with E-state index in [2.05, 4.69) is 12.2 Å². The molecular formula is C24H36N2O3. The van der Waals surface area contributed by atoms with Crippen molar-refractivity contribution in [3.8, 4) is 5.75 Å². The molecule has 1 heterocycles. The SMILES string of the molecule is CCCCC1CCCC1NC(=O)C1CCN(C(=O)CCOc2ccccc2)CC1. The first kappa shape index (κ1) is 21.7. The predicted octanol–water partition coefficient (Wildman–Crippen LogP) is 4.17. The number of unbranched alkanes of at least 4 members (excludes halogenated alkanes) is 1. The summed E-state index contributed by atoms with van der Waals surface area (Å²) in [5.41, 5.74) is 0. The van der Waals surface area contributed by atoms with Crippen LogP contribution in [-0.4, -0.2) is 42.5 Å². The van der Waals surface area contributed by atoms with Gasteiger partial charge in [-0.05, 0) is 50.2 Å². The molecule has 1 aliphatic carbocycles. The Bertz CT molecular complexity index is 641. The number of nitrogens with zero attached hydrogens (tertiary/aromatic N) is 1. The molecular weight excluding hydrogens is 364 g/mol. The number of carbonyl (C=O) groups is 2. The van der Waals surface area contributed by atoms with Crippen LogP contribution in [0.3, 0.4) is 0 Å². The molecule has 29 heavy (non-hydrogen) atoms. The molecule has 2 atom stereocenters. The lowest BCUT2D eigenvalue weighted by molar-refractivity contribution is -0.136. The summed E-state index contributed by atoms with van der Waals surface area (Å²) in [6.07, 6.45) is 9.24. The molecule has 2 fully saturated rings. The van der Waals surface area contributed by atoms with Crippen LogP contribution in [0, 0.1) is 11.8 Å². The van der Waals surface area contributed by atoms with Crippen molar-refractivity contribution < 1.29 is 14.3 Å². The number of carbonyl (C=O) groups excluding carboxylic acids is 2. The summed E-state index contributed by atoms with van der Waals surface area (Å²) in [5.74, 6) is 1.82. The van der Waals surface area contributed by atoms with Crippen LogP contribution in [0.4, 0.5) is 0 Å². The summed E-state index contributed by atoms with van der Waals surface area (Å²) in [5, 5.41) is 3.34. The van der Waals surface area contributed by atoms with Crippen molar-refractivity contribution in [2.24, 2.45) is 11.8 Å². The molecule has 1 aromatic carbocycles. The van der Waals surface area contributed by atoms with E-state index in [1.165, 1.54) is 32.1 Å². The molecule has 160 valence electrons. The number of nitrogens with one attached hydrogen (secondary N) is 1. The highest BCUT2D eigenvalue weighted by atomic mass is 16.5. The molecule has 0 spiro atoms. The molecule has 2 aliphatic rings. The Morgan fingerprint density at radius 2 is 1.86 bits per heavy atom. The lowest BCUT2D eigenvalue weighted by atomic mass is 9.93. The van der Waals surface area contributed by atoms with Gasteiger partial charge in [0, 0.05) is 25.0 Å². The first-order valence-corrected chi connectivity index (χ1v) is 11.4. The van der Waals surface area contributed by atoms with Crippen molar-refractivity contribution in [1.82, 2.24) is 10.2 Å². The highest BCUT2D eigenvalue weighted by Gasteiger charge is 2.32. The van der Waals surface area contributed by atoms with Gasteiger partial charge >= 0.3 is 0 Å². The Balaban J connectivity index is 1.36. The first-order valence-electron chi connectivity index (χ1n) is 11.4. The Labute approximate surface area is 175 Å². The molecule has 0 radical (unpaired) electrons. The van der Waals surface area contributed by atoms with Crippen LogP contribution >= 0.6 is 0 Å². The number of likely N-dealkylation sites (tertiary alicyclic amines) is 1. The van der Waals surface area contributed by atoms with Gasteiger partial charge in [-0.15, -0.1) is 0 Å². The fraction of sp³-hybridized carbons (Fsp3) is 0.667. The number of hydrogen-bond donors (Lipinski definition) is 1. The van der Waals surface area contributed by atoms with Gasteiger partial charge in [-0.2, -0.15) is 0 Å².